The lowest BCUT2D eigenvalue weighted by atomic mass is 10.1. The summed E-state index contributed by atoms with van der Waals surface area (Å²) in [6.45, 7) is 0.582. The van der Waals surface area contributed by atoms with Gasteiger partial charge < -0.3 is 15.8 Å². The van der Waals surface area contributed by atoms with Crippen LogP contribution in [-0.2, 0) is 11.2 Å². The van der Waals surface area contributed by atoms with E-state index in [1.165, 1.54) is 19.2 Å². The van der Waals surface area contributed by atoms with E-state index < -0.39 is 5.97 Å². The molecule has 2 rings (SSSR count). The number of ether oxygens (including phenoxy) is 1. The third-order valence-corrected chi connectivity index (χ3v) is 3.09. The summed E-state index contributed by atoms with van der Waals surface area (Å²) >= 11 is 0. The fourth-order valence-corrected chi connectivity index (χ4v) is 1.99. The Morgan fingerprint density at radius 1 is 1.29 bits per heavy atom. The first kappa shape index (κ1) is 14.8. The molecule has 0 bridgehead atoms. The molecule has 0 unspecified atom stereocenters. The van der Waals surface area contributed by atoms with E-state index in [-0.39, 0.29) is 5.82 Å². The molecule has 2 aromatic carbocycles. The number of methoxy groups -OCH3 is 1. The minimum Gasteiger partial charge on any atom is -0.465 e. The molecule has 0 saturated heterocycles. The Morgan fingerprint density at radius 3 is 2.81 bits per heavy atom. The molecule has 0 atom stereocenters. The van der Waals surface area contributed by atoms with Crippen LogP contribution >= 0.6 is 0 Å². The summed E-state index contributed by atoms with van der Waals surface area (Å²) in [6.07, 6.45) is 0.652. The average Bonchev–Trinajstić information content (AvgIpc) is 2.48. The minimum atomic E-state index is -0.414. The highest BCUT2D eigenvalue weighted by Gasteiger charge is 2.08. The van der Waals surface area contributed by atoms with Gasteiger partial charge in [0.1, 0.15) is 5.82 Å². The van der Waals surface area contributed by atoms with Gasteiger partial charge in [0.05, 0.1) is 24.0 Å². The second-order valence-corrected chi connectivity index (χ2v) is 4.60. The maximum atomic E-state index is 13.1. The van der Waals surface area contributed by atoms with Crippen LogP contribution in [0.4, 0.5) is 15.8 Å². The van der Waals surface area contributed by atoms with Gasteiger partial charge >= 0.3 is 5.97 Å². The van der Waals surface area contributed by atoms with Gasteiger partial charge in [-0.1, -0.05) is 12.1 Å². The van der Waals surface area contributed by atoms with Crippen LogP contribution in [0.3, 0.4) is 0 Å². The molecule has 0 aromatic heterocycles. The normalized spacial score (nSPS) is 10.2. The fraction of sp³-hybridized carbons (Fsp3) is 0.188. The predicted octanol–water partition coefficient (Wildman–Crippen LogP) is 2.85. The Balaban J connectivity index is 2.01. The second kappa shape index (κ2) is 6.74. The third-order valence-electron chi connectivity index (χ3n) is 3.09. The van der Waals surface area contributed by atoms with Crippen LogP contribution in [-0.4, -0.2) is 19.6 Å². The van der Waals surface area contributed by atoms with E-state index in [1.807, 2.05) is 6.07 Å². The lowest BCUT2D eigenvalue weighted by molar-refractivity contribution is 0.0601. The molecule has 21 heavy (non-hydrogen) atoms. The molecule has 0 fully saturated rings. The Morgan fingerprint density at radius 2 is 2.10 bits per heavy atom. The monoisotopic (exact) mass is 288 g/mol. The molecular weight excluding hydrogens is 271 g/mol. The van der Waals surface area contributed by atoms with Crippen LogP contribution in [0.5, 0.6) is 0 Å². The molecule has 0 heterocycles. The predicted molar refractivity (Wildman–Crippen MR) is 80.8 cm³/mol. The van der Waals surface area contributed by atoms with Gasteiger partial charge in [-0.15, -0.1) is 0 Å². The van der Waals surface area contributed by atoms with Gasteiger partial charge in [0, 0.05) is 6.54 Å². The Bertz CT molecular complexity index is 644. The summed E-state index contributed by atoms with van der Waals surface area (Å²) in [4.78, 5) is 11.5. The van der Waals surface area contributed by atoms with Crippen molar-refractivity contribution >= 4 is 17.3 Å². The number of hydrogen-bond acceptors (Lipinski definition) is 4. The molecule has 110 valence electrons. The lowest BCUT2D eigenvalue weighted by Crippen LogP contribution is -2.09. The van der Waals surface area contributed by atoms with E-state index in [0.717, 1.165) is 5.56 Å². The number of anilines is 2. The zero-order valence-electron chi connectivity index (χ0n) is 11.7. The minimum absolute atomic E-state index is 0.250. The zero-order valence-corrected chi connectivity index (χ0v) is 11.7. The number of esters is 1. The van der Waals surface area contributed by atoms with Crippen LogP contribution in [0.25, 0.3) is 0 Å². The zero-order chi connectivity index (χ0) is 15.2. The highest BCUT2D eigenvalue weighted by Crippen LogP contribution is 2.20. The number of nitrogen functional groups attached to an aromatic ring is 1. The van der Waals surface area contributed by atoms with Crippen molar-refractivity contribution in [1.82, 2.24) is 0 Å². The first-order valence-corrected chi connectivity index (χ1v) is 6.56. The molecule has 4 nitrogen and oxygen atoms in total. The van der Waals surface area contributed by atoms with Gasteiger partial charge in [0.25, 0.3) is 0 Å². The van der Waals surface area contributed by atoms with E-state index in [2.05, 4.69) is 10.1 Å². The third kappa shape index (κ3) is 3.95. The molecule has 0 aliphatic carbocycles. The van der Waals surface area contributed by atoms with E-state index in [4.69, 9.17) is 5.73 Å². The summed E-state index contributed by atoms with van der Waals surface area (Å²) in [5, 5.41) is 3.15. The molecule has 0 amide bonds. The van der Waals surface area contributed by atoms with Crippen LogP contribution in [0.1, 0.15) is 15.9 Å². The van der Waals surface area contributed by atoms with Gasteiger partial charge in [-0.2, -0.15) is 0 Å². The molecule has 3 N–H and O–H groups in total. The smallest absolute Gasteiger partial charge is 0.337 e. The first-order chi connectivity index (χ1) is 10.1. The maximum absolute atomic E-state index is 13.1. The Hall–Kier alpha value is -2.56. The molecule has 0 spiro atoms. The van der Waals surface area contributed by atoms with Crippen molar-refractivity contribution in [3.05, 3.63) is 59.4 Å². The molecule has 5 heteroatoms. The van der Waals surface area contributed by atoms with Crippen molar-refractivity contribution in [2.45, 2.75) is 6.42 Å². The number of rotatable bonds is 5. The van der Waals surface area contributed by atoms with Crippen LogP contribution in [0, 0.1) is 5.82 Å². The van der Waals surface area contributed by atoms with Crippen molar-refractivity contribution in [3.63, 3.8) is 0 Å². The number of nitrogens with two attached hydrogens (primary N) is 1. The van der Waals surface area contributed by atoms with Crippen molar-refractivity contribution in [3.8, 4) is 0 Å². The summed E-state index contributed by atoms with van der Waals surface area (Å²) in [5.41, 5.74) is 8.39. The van der Waals surface area contributed by atoms with Crippen molar-refractivity contribution in [2.24, 2.45) is 0 Å². The van der Waals surface area contributed by atoms with E-state index in [1.54, 1.807) is 24.3 Å². The molecule has 0 radical (unpaired) electrons. The van der Waals surface area contributed by atoms with Gasteiger partial charge in [-0.05, 0) is 42.3 Å². The van der Waals surface area contributed by atoms with Crippen LogP contribution in [0.2, 0.25) is 0 Å². The Labute approximate surface area is 122 Å². The number of carbonyl (C=O) groups excluding carboxylic acids is 1. The van der Waals surface area contributed by atoms with E-state index in [9.17, 15) is 9.18 Å². The van der Waals surface area contributed by atoms with Crippen LogP contribution in [0.15, 0.2) is 42.5 Å². The van der Waals surface area contributed by atoms with Gasteiger partial charge in [0.15, 0.2) is 0 Å². The largest absolute Gasteiger partial charge is 0.465 e. The highest BCUT2D eigenvalue weighted by atomic mass is 19.1. The van der Waals surface area contributed by atoms with Crippen molar-refractivity contribution in [1.29, 1.82) is 0 Å². The number of halogens is 1. The summed E-state index contributed by atoms with van der Waals surface area (Å²) in [5.74, 6) is -0.664. The fourth-order valence-electron chi connectivity index (χ4n) is 1.99. The van der Waals surface area contributed by atoms with Gasteiger partial charge in [-0.3, -0.25) is 0 Å². The highest BCUT2D eigenvalue weighted by molar-refractivity contribution is 5.91. The number of carbonyl (C=O) groups is 1. The second-order valence-electron chi connectivity index (χ2n) is 4.60. The molecule has 0 aliphatic heterocycles. The quantitative estimate of drug-likeness (QED) is 0.656. The molecule has 0 saturated carbocycles. The average molecular weight is 288 g/mol. The number of hydrogen-bond donors (Lipinski definition) is 2. The molecule has 2 aromatic rings. The summed E-state index contributed by atoms with van der Waals surface area (Å²) in [6, 6.07) is 11.4. The number of benzene rings is 2. The van der Waals surface area contributed by atoms with Crippen molar-refractivity contribution in [2.75, 3.05) is 24.7 Å². The molecular formula is C16H17FN2O2. The maximum Gasteiger partial charge on any atom is 0.337 e. The van der Waals surface area contributed by atoms with Gasteiger partial charge in [-0.25, -0.2) is 9.18 Å². The first-order valence-electron chi connectivity index (χ1n) is 6.56. The topological polar surface area (TPSA) is 64.3 Å². The number of nitrogens with one attached hydrogen (secondary N) is 1. The van der Waals surface area contributed by atoms with E-state index >= 15 is 0 Å². The molecule has 0 aliphatic rings. The summed E-state index contributed by atoms with van der Waals surface area (Å²) in [7, 11) is 1.33. The SMILES string of the molecule is COC(=O)c1ccc(N)c(NCCc2cccc(F)c2)c1. The van der Waals surface area contributed by atoms with Gasteiger partial charge in [0.2, 0.25) is 0 Å². The Kier molecular flexibility index (Phi) is 4.77. The van der Waals surface area contributed by atoms with E-state index in [0.29, 0.717) is 29.9 Å². The summed E-state index contributed by atoms with van der Waals surface area (Å²) < 4.78 is 17.7. The van der Waals surface area contributed by atoms with Crippen LogP contribution < -0.4 is 11.1 Å². The standard InChI is InChI=1S/C16H17FN2O2/c1-21-16(20)12-5-6-14(18)15(10-12)19-8-7-11-3-2-4-13(17)9-11/h2-6,9-10,19H,7-8,18H2,1H3. The lowest BCUT2D eigenvalue weighted by Gasteiger charge is -2.11. The van der Waals surface area contributed by atoms with Crippen molar-refractivity contribution < 1.29 is 13.9 Å².